The predicted octanol–water partition coefficient (Wildman–Crippen LogP) is 4.57. The highest BCUT2D eigenvalue weighted by atomic mass is 35.5. The quantitative estimate of drug-likeness (QED) is 0.557. The minimum atomic E-state index is -0.754. The molecule has 0 fully saturated rings. The third-order valence-corrected chi connectivity index (χ3v) is 4.34. The number of nitrogens with zero attached hydrogens (tertiary/aromatic N) is 2. The molecule has 0 saturated heterocycles. The van der Waals surface area contributed by atoms with E-state index >= 15 is 0 Å². The molecule has 0 bridgehead atoms. The second-order valence-corrected chi connectivity index (χ2v) is 7.67. The summed E-state index contributed by atoms with van der Waals surface area (Å²) in [7, 11) is 1.49. The number of carbonyl (C=O) groups excluding carboxylic acids is 1. The van der Waals surface area contributed by atoms with Crippen LogP contribution in [-0.2, 0) is 14.3 Å². The molecule has 0 radical (unpaired) electrons. The van der Waals surface area contributed by atoms with Crippen molar-refractivity contribution in [3.05, 3.63) is 57.3 Å². The zero-order valence-corrected chi connectivity index (χ0v) is 16.7. The van der Waals surface area contributed by atoms with Crippen LogP contribution in [0.3, 0.4) is 0 Å². The third-order valence-electron chi connectivity index (χ3n) is 4.01. The smallest absolute Gasteiger partial charge is 0.337 e. The lowest BCUT2D eigenvalue weighted by molar-refractivity contribution is -0.150. The lowest BCUT2D eigenvalue weighted by Gasteiger charge is -2.29. The summed E-state index contributed by atoms with van der Waals surface area (Å²) in [6, 6.07) is 3.16. The SMILES string of the molecule is [C-]#[N+]C1C(C)=NC(COC)=C(C(=O)OC(C)(C)C)C1c1ccc(F)cc1Cl. The van der Waals surface area contributed by atoms with Crippen LogP contribution in [0.25, 0.3) is 4.85 Å². The maximum Gasteiger partial charge on any atom is 0.337 e. The Morgan fingerprint density at radius 2 is 2.07 bits per heavy atom. The van der Waals surface area contributed by atoms with Crippen molar-refractivity contribution < 1.29 is 18.7 Å². The first-order chi connectivity index (χ1) is 12.6. The molecule has 2 atom stereocenters. The highest BCUT2D eigenvalue weighted by Crippen LogP contribution is 2.41. The average molecular weight is 393 g/mol. The van der Waals surface area contributed by atoms with Gasteiger partial charge < -0.3 is 14.3 Å². The van der Waals surface area contributed by atoms with Gasteiger partial charge in [0, 0.05) is 12.1 Å². The molecule has 1 aromatic carbocycles. The van der Waals surface area contributed by atoms with Gasteiger partial charge >= 0.3 is 5.97 Å². The van der Waals surface area contributed by atoms with Gasteiger partial charge in [0.2, 0.25) is 0 Å². The molecule has 1 aromatic rings. The van der Waals surface area contributed by atoms with Crippen LogP contribution >= 0.6 is 11.6 Å². The van der Waals surface area contributed by atoms with Crippen molar-refractivity contribution in [2.24, 2.45) is 4.99 Å². The largest absolute Gasteiger partial charge is 0.457 e. The van der Waals surface area contributed by atoms with E-state index in [-0.39, 0.29) is 17.2 Å². The van der Waals surface area contributed by atoms with Gasteiger partial charge in [-0.2, -0.15) is 0 Å². The van der Waals surface area contributed by atoms with Gasteiger partial charge in [-0.25, -0.2) is 15.8 Å². The van der Waals surface area contributed by atoms with Gasteiger partial charge in [-0.3, -0.25) is 4.99 Å². The van der Waals surface area contributed by atoms with Crippen LogP contribution in [0.1, 0.15) is 39.2 Å². The molecule has 0 aromatic heterocycles. The number of hydrogen-bond acceptors (Lipinski definition) is 4. The number of esters is 1. The van der Waals surface area contributed by atoms with E-state index in [4.69, 9.17) is 27.6 Å². The number of methoxy groups -OCH3 is 1. The Bertz CT molecular complexity index is 850. The maximum atomic E-state index is 13.6. The highest BCUT2D eigenvalue weighted by Gasteiger charge is 2.44. The minimum Gasteiger partial charge on any atom is -0.457 e. The molecule has 0 N–H and O–H groups in total. The van der Waals surface area contributed by atoms with E-state index in [9.17, 15) is 9.18 Å². The predicted molar refractivity (Wildman–Crippen MR) is 102 cm³/mol. The third kappa shape index (κ3) is 4.74. The first kappa shape index (κ1) is 21.1. The van der Waals surface area contributed by atoms with Gasteiger partial charge in [0.15, 0.2) is 0 Å². The molecule has 144 valence electrons. The summed E-state index contributed by atoms with van der Waals surface area (Å²) in [5.74, 6) is -1.82. The van der Waals surface area contributed by atoms with Crippen molar-refractivity contribution in [3.8, 4) is 0 Å². The number of hydrogen-bond donors (Lipinski definition) is 0. The van der Waals surface area contributed by atoms with E-state index in [1.807, 2.05) is 0 Å². The molecule has 0 amide bonds. The van der Waals surface area contributed by atoms with E-state index in [1.165, 1.54) is 25.3 Å². The first-order valence-corrected chi connectivity index (χ1v) is 8.79. The second-order valence-electron chi connectivity index (χ2n) is 7.27. The number of rotatable bonds is 4. The van der Waals surface area contributed by atoms with Crippen molar-refractivity contribution in [3.63, 3.8) is 0 Å². The monoisotopic (exact) mass is 392 g/mol. The van der Waals surface area contributed by atoms with E-state index in [0.29, 0.717) is 17.0 Å². The topological polar surface area (TPSA) is 52.2 Å². The Morgan fingerprint density at radius 3 is 2.59 bits per heavy atom. The Morgan fingerprint density at radius 1 is 1.41 bits per heavy atom. The molecule has 2 rings (SSSR count). The summed E-state index contributed by atoms with van der Waals surface area (Å²) in [6.07, 6.45) is 0. The molecule has 7 heteroatoms. The van der Waals surface area contributed by atoms with Gasteiger partial charge in [0.05, 0.1) is 23.6 Å². The maximum absolute atomic E-state index is 13.6. The van der Waals surface area contributed by atoms with Crippen molar-refractivity contribution >= 4 is 23.3 Å². The molecule has 1 heterocycles. The molecule has 1 aliphatic heterocycles. The van der Waals surface area contributed by atoms with Crippen molar-refractivity contribution in [2.45, 2.75) is 45.3 Å². The van der Waals surface area contributed by atoms with Gasteiger partial charge in [-0.15, -0.1) is 0 Å². The molecule has 5 nitrogen and oxygen atoms in total. The normalized spacial score (nSPS) is 20.1. The number of aliphatic imine (C=N–C) groups is 1. The van der Waals surface area contributed by atoms with E-state index in [0.717, 1.165) is 0 Å². The molecular weight excluding hydrogens is 371 g/mol. The van der Waals surface area contributed by atoms with Crippen LogP contribution < -0.4 is 0 Å². The number of halogens is 2. The van der Waals surface area contributed by atoms with E-state index in [1.54, 1.807) is 27.7 Å². The van der Waals surface area contributed by atoms with Crippen LogP contribution in [0.15, 0.2) is 34.5 Å². The van der Waals surface area contributed by atoms with Crippen LogP contribution in [-0.4, -0.2) is 37.0 Å². The standard InChI is InChI=1S/C20H22ClFN2O3/c1-11-18(23-5)16(13-8-7-12(22)9-14(13)21)17(15(24-11)10-26-6)19(25)27-20(2,3)4/h7-9,16,18H,10H2,1-4,6H3. The molecule has 0 spiro atoms. The lowest BCUT2D eigenvalue weighted by Crippen LogP contribution is -2.36. The Kier molecular flexibility index (Phi) is 6.40. The summed E-state index contributed by atoms with van der Waals surface area (Å²) >= 11 is 6.27. The van der Waals surface area contributed by atoms with Crippen LogP contribution in [0.2, 0.25) is 5.02 Å². The molecule has 0 aliphatic carbocycles. The number of benzene rings is 1. The van der Waals surface area contributed by atoms with Crippen LogP contribution in [0.4, 0.5) is 4.39 Å². The molecular formula is C20H22ClFN2O3. The Hall–Kier alpha value is -2.23. The summed E-state index contributed by atoms with van der Waals surface area (Å²) in [4.78, 5) is 21.1. The van der Waals surface area contributed by atoms with Gasteiger partial charge in [-0.1, -0.05) is 17.7 Å². The fourth-order valence-corrected chi connectivity index (χ4v) is 3.27. The fourth-order valence-electron chi connectivity index (χ4n) is 2.99. The van der Waals surface area contributed by atoms with Crippen molar-refractivity contribution in [1.82, 2.24) is 0 Å². The van der Waals surface area contributed by atoms with Crippen LogP contribution in [0, 0.1) is 12.4 Å². The van der Waals surface area contributed by atoms with Crippen molar-refractivity contribution in [2.75, 3.05) is 13.7 Å². The minimum absolute atomic E-state index is 0.0753. The molecule has 0 saturated carbocycles. The Labute approximate surface area is 163 Å². The summed E-state index contributed by atoms with van der Waals surface area (Å²) < 4.78 is 24.3. The van der Waals surface area contributed by atoms with Gasteiger partial charge in [-0.05, 0) is 45.4 Å². The van der Waals surface area contributed by atoms with Crippen molar-refractivity contribution in [1.29, 1.82) is 0 Å². The van der Waals surface area contributed by atoms with Gasteiger partial charge in [0.1, 0.15) is 17.3 Å². The lowest BCUT2D eigenvalue weighted by atomic mass is 9.80. The number of ether oxygens (including phenoxy) is 2. The second kappa shape index (κ2) is 8.20. The summed E-state index contributed by atoms with van der Waals surface area (Å²) in [6.45, 7) is 14.7. The Balaban J connectivity index is 2.71. The first-order valence-electron chi connectivity index (χ1n) is 8.41. The molecule has 2 unspecified atom stereocenters. The highest BCUT2D eigenvalue weighted by molar-refractivity contribution is 6.31. The van der Waals surface area contributed by atoms with E-state index in [2.05, 4.69) is 9.84 Å². The molecule has 27 heavy (non-hydrogen) atoms. The number of carbonyl (C=O) groups is 1. The summed E-state index contributed by atoms with van der Waals surface area (Å²) in [5.41, 5.74) is 0.877. The van der Waals surface area contributed by atoms with E-state index < -0.39 is 29.3 Å². The fraction of sp³-hybridized carbons (Fsp3) is 0.450. The van der Waals surface area contributed by atoms with Gasteiger partial charge in [0.25, 0.3) is 6.04 Å². The summed E-state index contributed by atoms with van der Waals surface area (Å²) in [5, 5.41) is 0.140. The zero-order valence-electron chi connectivity index (χ0n) is 16.0. The average Bonchev–Trinajstić information content (AvgIpc) is 2.53. The molecule has 1 aliphatic rings. The van der Waals surface area contributed by atoms with Crippen LogP contribution in [0.5, 0.6) is 0 Å². The zero-order chi connectivity index (χ0) is 20.4.